The van der Waals surface area contributed by atoms with Crippen molar-refractivity contribution in [2.75, 3.05) is 19.0 Å². The van der Waals surface area contributed by atoms with Crippen molar-refractivity contribution in [2.24, 2.45) is 0 Å². The molecular weight excluding hydrogens is 198 g/mol. The third-order valence-electron chi connectivity index (χ3n) is 1.11. The highest BCUT2D eigenvalue weighted by atomic mass is 79.9. The Bertz CT molecular complexity index is 108. The van der Waals surface area contributed by atoms with Gasteiger partial charge in [-0.15, -0.1) is 0 Å². The summed E-state index contributed by atoms with van der Waals surface area (Å²) in [6.07, 6.45) is 0.0861. The van der Waals surface area contributed by atoms with Gasteiger partial charge in [0, 0.05) is 13.7 Å². The van der Waals surface area contributed by atoms with E-state index in [1.807, 2.05) is 6.92 Å². The van der Waals surface area contributed by atoms with Crippen LogP contribution in [-0.4, -0.2) is 31.0 Å². The topological polar surface area (TPSA) is 38.3 Å². The number of amides is 1. The van der Waals surface area contributed by atoms with Crippen LogP contribution in [0.1, 0.15) is 6.92 Å². The first-order valence-corrected chi connectivity index (χ1v) is 4.18. The minimum Gasteiger partial charge on any atom is -0.380 e. The predicted molar refractivity (Wildman–Crippen MR) is 43.3 cm³/mol. The number of alkyl halides is 1. The van der Waals surface area contributed by atoms with Gasteiger partial charge in [0.2, 0.25) is 5.91 Å². The average molecular weight is 210 g/mol. The summed E-state index contributed by atoms with van der Waals surface area (Å²) in [5.41, 5.74) is 0. The second-order valence-corrected chi connectivity index (χ2v) is 2.54. The van der Waals surface area contributed by atoms with E-state index in [0.29, 0.717) is 11.9 Å². The van der Waals surface area contributed by atoms with Crippen molar-refractivity contribution in [2.45, 2.75) is 13.0 Å². The number of nitrogens with one attached hydrogen (secondary N) is 1. The van der Waals surface area contributed by atoms with Crippen LogP contribution in [0.15, 0.2) is 0 Å². The molecule has 0 aliphatic carbocycles. The fraction of sp³-hybridized carbons (Fsp3) is 0.833. The van der Waals surface area contributed by atoms with Crippen LogP contribution in [0.4, 0.5) is 0 Å². The maximum absolute atomic E-state index is 10.6. The molecule has 0 heterocycles. The van der Waals surface area contributed by atoms with E-state index in [0.717, 1.165) is 0 Å². The molecule has 1 amide bonds. The second-order valence-electron chi connectivity index (χ2n) is 1.98. The van der Waals surface area contributed by atoms with Crippen LogP contribution in [0.3, 0.4) is 0 Å². The summed E-state index contributed by atoms with van der Waals surface area (Å²) in [5.74, 6) is -0.0103. The molecule has 0 bridgehead atoms. The van der Waals surface area contributed by atoms with Gasteiger partial charge >= 0.3 is 0 Å². The number of rotatable bonds is 4. The van der Waals surface area contributed by atoms with Crippen LogP contribution in [0.5, 0.6) is 0 Å². The van der Waals surface area contributed by atoms with Gasteiger partial charge in [-0.2, -0.15) is 0 Å². The molecule has 3 nitrogen and oxygen atoms in total. The van der Waals surface area contributed by atoms with Crippen molar-refractivity contribution in [3.63, 3.8) is 0 Å². The molecule has 60 valence electrons. The molecule has 0 aromatic carbocycles. The summed E-state index contributed by atoms with van der Waals surface area (Å²) in [6.45, 7) is 2.47. The zero-order valence-electron chi connectivity index (χ0n) is 6.19. The molecule has 0 spiro atoms. The normalized spacial score (nSPS) is 12.7. The minimum absolute atomic E-state index is 0.0103. The standard InChI is InChI=1S/C6H12BrNO2/c1-5(10-2)4-8-6(9)3-7/h5H,3-4H2,1-2H3,(H,8,9). The Morgan fingerprint density at radius 1 is 1.80 bits per heavy atom. The molecule has 0 radical (unpaired) electrons. The summed E-state index contributed by atoms with van der Waals surface area (Å²) >= 11 is 3.03. The number of carbonyl (C=O) groups excluding carboxylic acids is 1. The quantitative estimate of drug-likeness (QED) is 0.687. The van der Waals surface area contributed by atoms with Gasteiger partial charge in [0.05, 0.1) is 11.4 Å². The van der Waals surface area contributed by atoms with Gasteiger partial charge < -0.3 is 10.1 Å². The lowest BCUT2D eigenvalue weighted by atomic mass is 10.4. The van der Waals surface area contributed by atoms with Crippen LogP contribution >= 0.6 is 15.9 Å². The highest BCUT2D eigenvalue weighted by molar-refractivity contribution is 9.09. The first-order chi connectivity index (χ1) is 4.70. The summed E-state index contributed by atoms with van der Waals surface area (Å²) in [6, 6.07) is 0. The molecule has 0 saturated heterocycles. The third-order valence-corrected chi connectivity index (χ3v) is 1.62. The Morgan fingerprint density at radius 2 is 2.40 bits per heavy atom. The maximum Gasteiger partial charge on any atom is 0.230 e. The van der Waals surface area contributed by atoms with Crippen LogP contribution < -0.4 is 5.32 Å². The van der Waals surface area contributed by atoms with Crippen molar-refractivity contribution in [3.8, 4) is 0 Å². The Morgan fingerprint density at radius 3 is 2.80 bits per heavy atom. The van der Waals surface area contributed by atoms with E-state index in [2.05, 4.69) is 21.2 Å². The summed E-state index contributed by atoms with van der Waals surface area (Å²) in [4.78, 5) is 10.6. The van der Waals surface area contributed by atoms with Crippen LogP contribution in [0.2, 0.25) is 0 Å². The molecule has 1 N–H and O–H groups in total. The smallest absolute Gasteiger partial charge is 0.230 e. The molecule has 1 atom stereocenters. The SMILES string of the molecule is COC(C)CNC(=O)CBr. The highest BCUT2D eigenvalue weighted by Crippen LogP contribution is 1.84. The molecule has 1 unspecified atom stereocenters. The minimum atomic E-state index is -0.0103. The number of methoxy groups -OCH3 is 1. The maximum atomic E-state index is 10.6. The zero-order chi connectivity index (χ0) is 7.98. The van der Waals surface area contributed by atoms with Crippen molar-refractivity contribution >= 4 is 21.8 Å². The van der Waals surface area contributed by atoms with Gasteiger partial charge in [-0.25, -0.2) is 0 Å². The number of hydrogen-bond acceptors (Lipinski definition) is 2. The largest absolute Gasteiger partial charge is 0.380 e. The van der Waals surface area contributed by atoms with Gasteiger partial charge in [0.25, 0.3) is 0 Å². The highest BCUT2D eigenvalue weighted by Gasteiger charge is 2.00. The zero-order valence-corrected chi connectivity index (χ0v) is 7.77. The molecule has 0 aromatic rings. The predicted octanol–water partition coefficient (Wildman–Crippen LogP) is 0.532. The van der Waals surface area contributed by atoms with Crippen molar-refractivity contribution < 1.29 is 9.53 Å². The lowest BCUT2D eigenvalue weighted by Gasteiger charge is -2.08. The number of carbonyl (C=O) groups is 1. The average Bonchev–Trinajstić information content (AvgIpc) is 1.99. The van der Waals surface area contributed by atoms with E-state index in [1.165, 1.54) is 0 Å². The van der Waals surface area contributed by atoms with Crippen molar-refractivity contribution in [1.29, 1.82) is 0 Å². The van der Waals surface area contributed by atoms with E-state index >= 15 is 0 Å². The third kappa shape index (κ3) is 4.76. The first kappa shape index (κ1) is 9.91. The summed E-state index contributed by atoms with van der Waals surface area (Å²) < 4.78 is 4.92. The molecule has 10 heavy (non-hydrogen) atoms. The molecule has 4 heteroatoms. The number of halogens is 1. The van der Waals surface area contributed by atoms with Gasteiger partial charge in [-0.05, 0) is 6.92 Å². The van der Waals surface area contributed by atoms with E-state index in [1.54, 1.807) is 7.11 Å². The second kappa shape index (κ2) is 5.68. The number of ether oxygens (including phenoxy) is 1. The van der Waals surface area contributed by atoms with Crippen LogP contribution in [-0.2, 0) is 9.53 Å². The Balaban J connectivity index is 3.26. The fourth-order valence-electron chi connectivity index (χ4n) is 0.388. The first-order valence-electron chi connectivity index (χ1n) is 3.06. The Hall–Kier alpha value is -0.0900. The van der Waals surface area contributed by atoms with E-state index in [4.69, 9.17) is 4.74 Å². The molecule has 0 saturated carbocycles. The molecule has 0 rings (SSSR count). The summed E-state index contributed by atoms with van der Waals surface area (Å²) in [5, 5.41) is 3.02. The van der Waals surface area contributed by atoms with E-state index in [9.17, 15) is 4.79 Å². The molecule has 0 aromatic heterocycles. The monoisotopic (exact) mass is 209 g/mol. The van der Waals surface area contributed by atoms with Crippen molar-refractivity contribution in [3.05, 3.63) is 0 Å². The Kier molecular flexibility index (Phi) is 5.63. The van der Waals surface area contributed by atoms with E-state index in [-0.39, 0.29) is 12.0 Å². The van der Waals surface area contributed by atoms with E-state index < -0.39 is 0 Å². The lowest BCUT2D eigenvalue weighted by Crippen LogP contribution is -2.32. The van der Waals surface area contributed by atoms with Gasteiger partial charge in [-0.1, -0.05) is 15.9 Å². The molecule has 0 fully saturated rings. The van der Waals surface area contributed by atoms with Gasteiger partial charge in [-0.3, -0.25) is 4.79 Å². The van der Waals surface area contributed by atoms with Crippen LogP contribution in [0, 0.1) is 0 Å². The molecular formula is C6H12BrNO2. The fourth-order valence-corrected chi connectivity index (χ4v) is 0.586. The molecule has 0 aliphatic rings. The number of hydrogen-bond donors (Lipinski definition) is 1. The van der Waals surface area contributed by atoms with Gasteiger partial charge in [0.15, 0.2) is 0 Å². The summed E-state index contributed by atoms with van der Waals surface area (Å²) in [7, 11) is 1.62. The van der Waals surface area contributed by atoms with Crippen LogP contribution in [0.25, 0.3) is 0 Å². The molecule has 0 aliphatic heterocycles. The lowest BCUT2D eigenvalue weighted by molar-refractivity contribution is -0.118. The Labute approximate surface area is 69.3 Å². The van der Waals surface area contributed by atoms with Gasteiger partial charge in [0.1, 0.15) is 0 Å². The van der Waals surface area contributed by atoms with Crippen molar-refractivity contribution in [1.82, 2.24) is 5.32 Å².